The average molecular weight is 288 g/mol. The molecule has 5 heteroatoms. The Morgan fingerprint density at radius 1 is 1.44 bits per heavy atom. The van der Waals surface area contributed by atoms with Crippen LogP contribution in [0.3, 0.4) is 0 Å². The van der Waals surface area contributed by atoms with Crippen LogP contribution in [0.25, 0.3) is 0 Å². The number of hydrogen-bond acceptors (Lipinski definition) is 3. The van der Waals surface area contributed by atoms with E-state index < -0.39 is 0 Å². The van der Waals surface area contributed by atoms with E-state index in [9.17, 15) is 4.79 Å². The predicted molar refractivity (Wildman–Crippen MR) is 72.0 cm³/mol. The van der Waals surface area contributed by atoms with Crippen LogP contribution in [0.2, 0.25) is 10.0 Å². The maximum Gasteiger partial charge on any atom is 0.313 e. The molecule has 2 rings (SSSR count). The van der Waals surface area contributed by atoms with Gasteiger partial charge < -0.3 is 10.5 Å². The normalized spacial score (nSPS) is 22.4. The largest absolute Gasteiger partial charge is 0.466 e. The van der Waals surface area contributed by atoms with Gasteiger partial charge in [-0.3, -0.25) is 4.79 Å². The summed E-state index contributed by atoms with van der Waals surface area (Å²) in [7, 11) is 0. The zero-order valence-corrected chi connectivity index (χ0v) is 11.6. The minimum atomic E-state index is -0.356. The van der Waals surface area contributed by atoms with Crippen LogP contribution in [0.15, 0.2) is 12.1 Å². The number of halogens is 2. The van der Waals surface area contributed by atoms with E-state index in [1.807, 2.05) is 6.07 Å². The summed E-state index contributed by atoms with van der Waals surface area (Å²) in [4.78, 5) is 12.0. The topological polar surface area (TPSA) is 52.3 Å². The summed E-state index contributed by atoms with van der Waals surface area (Å²) in [5, 5.41) is 0.862. The van der Waals surface area contributed by atoms with Crippen molar-refractivity contribution in [2.45, 2.75) is 31.7 Å². The Bertz CT molecular complexity index is 476. The molecule has 0 saturated heterocycles. The summed E-state index contributed by atoms with van der Waals surface area (Å²) >= 11 is 12.2. The Kier molecular flexibility index (Phi) is 4.15. The molecule has 1 aliphatic carbocycles. The second-order valence-electron chi connectivity index (χ2n) is 4.35. The molecule has 1 aromatic carbocycles. The van der Waals surface area contributed by atoms with Crippen molar-refractivity contribution in [1.82, 2.24) is 0 Å². The highest BCUT2D eigenvalue weighted by atomic mass is 35.5. The van der Waals surface area contributed by atoms with Crippen molar-refractivity contribution in [3.63, 3.8) is 0 Å². The molecule has 0 radical (unpaired) electrons. The molecule has 0 aliphatic heterocycles. The summed E-state index contributed by atoms with van der Waals surface area (Å²) in [5.74, 6) is -0.610. The molecule has 3 nitrogen and oxygen atoms in total. The second kappa shape index (κ2) is 5.47. The van der Waals surface area contributed by atoms with Crippen molar-refractivity contribution in [3.8, 4) is 0 Å². The van der Waals surface area contributed by atoms with Crippen molar-refractivity contribution in [3.05, 3.63) is 33.3 Å². The third kappa shape index (κ3) is 2.35. The number of carbonyl (C=O) groups is 1. The van der Waals surface area contributed by atoms with Crippen molar-refractivity contribution in [2.24, 2.45) is 5.73 Å². The number of hydrogen-bond donors (Lipinski definition) is 1. The smallest absolute Gasteiger partial charge is 0.313 e. The number of carbonyl (C=O) groups excluding carboxylic acids is 1. The van der Waals surface area contributed by atoms with Crippen molar-refractivity contribution in [1.29, 1.82) is 0 Å². The molecule has 1 aliphatic rings. The Morgan fingerprint density at radius 2 is 2.17 bits per heavy atom. The molecule has 0 fully saturated rings. The number of ether oxygens (including phenoxy) is 1. The molecule has 0 bridgehead atoms. The van der Waals surface area contributed by atoms with Gasteiger partial charge in [-0.1, -0.05) is 29.3 Å². The van der Waals surface area contributed by atoms with Crippen LogP contribution >= 0.6 is 23.2 Å². The van der Waals surface area contributed by atoms with Gasteiger partial charge in [-0.15, -0.1) is 0 Å². The molecule has 0 amide bonds. The van der Waals surface area contributed by atoms with E-state index >= 15 is 0 Å². The number of esters is 1. The zero-order valence-electron chi connectivity index (χ0n) is 10.1. The fourth-order valence-corrected chi connectivity index (χ4v) is 2.85. The van der Waals surface area contributed by atoms with Crippen LogP contribution in [-0.2, 0) is 9.53 Å². The van der Waals surface area contributed by atoms with Gasteiger partial charge in [-0.2, -0.15) is 0 Å². The monoisotopic (exact) mass is 287 g/mol. The number of benzene rings is 1. The third-order valence-corrected chi connectivity index (χ3v) is 4.07. The Labute approximate surface area is 116 Å². The molecule has 0 saturated carbocycles. The summed E-state index contributed by atoms with van der Waals surface area (Å²) in [6, 6.07) is 3.47. The van der Waals surface area contributed by atoms with E-state index in [0.717, 1.165) is 17.5 Å². The fraction of sp³-hybridized carbons (Fsp3) is 0.462. The minimum Gasteiger partial charge on any atom is -0.466 e. The van der Waals surface area contributed by atoms with Gasteiger partial charge in [0.05, 0.1) is 22.6 Å². The molecule has 18 heavy (non-hydrogen) atoms. The first-order valence-corrected chi connectivity index (χ1v) is 6.71. The second-order valence-corrected chi connectivity index (χ2v) is 5.14. The van der Waals surface area contributed by atoms with Crippen molar-refractivity contribution >= 4 is 29.2 Å². The highest BCUT2D eigenvalue weighted by Crippen LogP contribution is 2.43. The van der Waals surface area contributed by atoms with Crippen LogP contribution < -0.4 is 5.73 Å². The van der Waals surface area contributed by atoms with Gasteiger partial charge in [0, 0.05) is 6.04 Å². The highest BCUT2D eigenvalue weighted by molar-refractivity contribution is 6.42. The standard InChI is InChI=1S/C13H15Cl2NO2/c1-2-18-13(17)8-4-6-10(16)7-3-5-9(14)12(15)11(7)8/h3,5,8,10H,2,4,6,16H2,1H3/t8-,10-/m0/s1. The van der Waals surface area contributed by atoms with Gasteiger partial charge in [0.2, 0.25) is 0 Å². The zero-order chi connectivity index (χ0) is 13.3. The van der Waals surface area contributed by atoms with E-state index in [2.05, 4.69) is 0 Å². The van der Waals surface area contributed by atoms with Crippen LogP contribution in [0.1, 0.15) is 42.9 Å². The van der Waals surface area contributed by atoms with Gasteiger partial charge in [0.25, 0.3) is 0 Å². The van der Waals surface area contributed by atoms with Gasteiger partial charge in [0.1, 0.15) is 0 Å². The summed E-state index contributed by atoms with van der Waals surface area (Å²) in [6.45, 7) is 2.14. The Hall–Kier alpha value is -0.770. The minimum absolute atomic E-state index is 0.0968. The first kappa shape index (κ1) is 13.7. The highest BCUT2D eigenvalue weighted by Gasteiger charge is 2.33. The van der Waals surface area contributed by atoms with Crippen molar-refractivity contribution < 1.29 is 9.53 Å². The molecule has 1 aromatic rings. The summed E-state index contributed by atoms with van der Waals surface area (Å²) in [6.07, 6.45) is 1.39. The molecule has 0 unspecified atom stereocenters. The average Bonchev–Trinajstić information content (AvgIpc) is 2.34. The van der Waals surface area contributed by atoms with Gasteiger partial charge in [-0.25, -0.2) is 0 Å². The van der Waals surface area contributed by atoms with Crippen LogP contribution in [0.5, 0.6) is 0 Å². The summed E-state index contributed by atoms with van der Waals surface area (Å²) < 4.78 is 5.09. The molecular formula is C13H15Cl2NO2. The SMILES string of the molecule is CCOC(=O)[C@H]1CC[C@H](N)c2ccc(Cl)c(Cl)c21. The van der Waals surface area contributed by atoms with E-state index in [0.29, 0.717) is 23.1 Å². The maximum absolute atomic E-state index is 12.0. The van der Waals surface area contributed by atoms with E-state index in [1.54, 1.807) is 13.0 Å². The van der Waals surface area contributed by atoms with E-state index in [-0.39, 0.29) is 17.9 Å². The first-order chi connectivity index (χ1) is 8.56. The molecule has 0 heterocycles. The molecule has 0 spiro atoms. The lowest BCUT2D eigenvalue weighted by atomic mass is 9.80. The molecule has 2 atom stereocenters. The van der Waals surface area contributed by atoms with Crippen LogP contribution in [0.4, 0.5) is 0 Å². The lowest BCUT2D eigenvalue weighted by Gasteiger charge is -2.29. The lowest BCUT2D eigenvalue weighted by Crippen LogP contribution is -2.26. The van der Waals surface area contributed by atoms with Gasteiger partial charge >= 0.3 is 5.97 Å². The Balaban J connectivity index is 2.48. The van der Waals surface area contributed by atoms with Crippen molar-refractivity contribution in [2.75, 3.05) is 6.61 Å². The first-order valence-electron chi connectivity index (χ1n) is 5.96. The molecule has 2 N–H and O–H groups in total. The van der Waals surface area contributed by atoms with Gasteiger partial charge in [0.15, 0.2) is 0 Å². The number of fused-ring (bicyclic) bond motifs is 1. The Morgan fingerprint density at radius 3 is 2.83 bits per heavy atom. The van der Waals surface area contributed by atoms with E-state index in [4.69, 9.17) is 33.7 Å². The van der Waals surface area contributed by atoms with Crippen LogP contribution in [0, 0.1) is 0 Å². The molecule has 0 aromatic heterocycles. The summed E-state index contributed by atoms with van der Waals surface area (Å²) in [5.41, 5.74) is 7.68. The molecular weight excluding hydrogens is 273 g/mol. The van der Waals surface area contributed by atoms with Crippen LogP contribution in [-0.4, -0.2) is 12.6 Å². The predicted octanol–water partition coefficient (Wildman–Crippen LogP) is 3.43. The number of nitrogens with two attached hydrogens (primary N) is 1. The molecule has 98 valence electrons. The number of rotatable bonds is 2. The third-order valence-electron chi connectivity index (χ3n) is 3.25. The fourth-order valence-electron chi connectivity index (χ4n) is 2.38. The lowest BCUT2D eigenvalue weighted by molar-refractivity contribution is -0.145. The quantitative estimate of drug-likeness (QED) is 0.848. The van der Waals surface area contributed by atoms with E-state index in [1.165, 1.54) is 0 Å². The maximum atomic E-state index is 12.0. The van der Waals surface area contributed by atoms with Gasteiger partial charge in [-0.05, 0) is 37.0 Å².